The summed E-state index contributed by atoms with van der Waals surface area (Å²) in [4.78, 5) is 28.3. The van der Waals surface area contributed by atoms with Crippen molar-refractivity contribution < 1.29 is 19.1 Å². The molecule has 0 amide bonds. The van der Waals surface area contributed by atoms with E-state index in [-0.39, 0.29) is 12.2 Å². The van der Waals surface area contributed by atoms with Crippen LogP contribution in [0.3, 0.4) is 0 Å². The summed E-state index contributed by atoms with van der Waals surface area (Å²) in [6, 6.07) is 10.2. The van der Waals surface area contributed by atoms with Gasteiger partial charge in [0, 0.05) is 42.5 Å². The van der Waals surface area contributed by atoms with Gasteiger partial charge in [-0.25, -0.2) is 4.39 Å². The van der Waals surface area contributed by atoms with Crippen LogP contribution in [-0.4, -0.2) is 54.0 Å². The van der Waals surface area contributed by atoms with E-state index in [0.29, 0.717) is 36.8 Å². The molecule has 0 aliphatic carbocycles. The van der Waals surface area contributed by atoms with Crippen LogP contribution in [-0.2, 0) is 4.79 Å². The summed E-state index contributed by atoms with van der Waals surface area (Å²) in [7, 11) is 0. The molecule has 2 aromatic rings. The zero-order valence-corrected chi connectivity index (χ0v) is 16.3. The Morgan fingerprint density at radius 3 is 2.36 bits per heavy atom. The number of piperazine rings is 1. The number of hydrogen-bond acceptors (Lipinski definition) is 4. The summed E-state index contributed by atoms with van der Waals surface area (Å²) in [5, 5.41) is 9.95. The number of nitrogens with zero attached hydrogens (tertiary/aromatic N) is 2. The Morgan fingerprint density at radius 2 is 1.75 bits per heavy atom. The summed E-state index contributed by atoms with van der Waals surface area (Å²) in [6.07, 6.45) is -0.285. The van der Waals surface area contributed by atoms with Gasteiger partial charge in [-0.2, -0.15) is 0 Å². The second-order valence-corrected chi connectivity index (χ2v) is 7.38. The van der Waals surface area contributed by atoms with Crippen LogP contribution in [0.5, 0.6) is 0 Å². The topological polar surface area (TPSA) is 60.9 Å². The van der Waals surface area contributed by atoms with Crippen molar-refractivity contribution in [3.8, 4) is 0 Å². The van der Waals surface area contributed by atoms with Crippen LogP contribution < -0.4 is 4.90 Å². The second-order valence-electron chi connectivity index (χ2n) is 6.94. The largest absolute Gasteiger partial charge is 0.481 e. The smallest absolute Gasteiger partial charge is 0.305 e. The molecule has 1 aliphatic rings. The van der Waals surface area contributed by atoms with Crippen molar-refractivity contribution in [1.29, 1.82) is 0 Å². The first-order valence-corrected chi connectivity index (χ1v) is 9.49. The molecule has 28 heavy (non-hydrogen) atoms. The molecule has 3 rings (SSSR count). The maximum absolute atomic E-state index is 13.2. The highest BCUT2D eigenvalue weighted by Crippen LogP contribution is 2.26. The monoisotopic (exact) mass is 404 g/mol. The Morgan fingerprint density at radius 1 is 1.11 bits per heavy atom. The van der Waals surface area contributed by atoms with E-state index >= 15 is 0 Å². The number of aliphatic carboxylic acids is 1. The molecule has 1 atom stereocenters. The average Bonchev–Trinajstić information content (AvgIpc) is 2.68. The highest BCUT2D eigenvalue weighted by Gasteiger charge is 2.32. The summed E-state index contributed by atoms with van der Waals surface area (Å²) >= 11 is 6.12. The summed E-state index contributed by atoms with van der Waals surface area (Å²) in [6.45, 7) is 4.44. The molecule has 1 N–H and O–H groups in total. The van der Waals surface area contributed by atoms with Gasteiger partial charge in [0.05, 0.1) is 12.5 Å². The molecule has 0 spiro atoms. The van der Waals surface area contributed by atoms with Gasteiger partial charge in [-0.3, -0.25) is 14.5 Å². The molecule has 7 heteroatoms. The van der Waals surface area contributed by atoms with Gasteiger partial charge in [0.1, 0.15) is 5.82 Å². The number of carboxylic acids is 1. The van der Waals surface area contributed by atoms with Crippen LogP contribution in [0.4, 0.5) is 10.1 Å². The Bertz CT molecular complexity index is 864. The van der Waals surface area contributed by atoms with Crippen LogP contribution in [0.15, 0.2) is 42.5 Å². The van der Waals surface area contributed by atoms with Crippen molar-refractivity contribution in [1.82, 2.24) is 4.90 Å². The maximum Gasteiger partial charge on any atom is 0.305 e. The van der Waals surface area contributed by atoms with Gasteiger partial charge < -0.3 is 10.0 Å². The van der Waals surface area contributed by atoms with Crippen LogP contribution in [0.25, 0.3) is 0 Å². The van der Waals surface area contributed by atoms with Gasteiger partial charge in [-0.15, -0.1) is 0 Å². The molecule has 5 nitrogen and oxygen atoms in total. The number of rotatable bonds is 6. The predicted molar refractivity (Wildman–Crippen MR) is 107 cm³/mol. The van der Waals surface area contributed by atoms with Crippen molar-refractivity contribution in [3.63, 3.8) is 0 Å². The van der Waals surface area contributed by atoms with Crippen molar-refractivity contribution in [2.75, 3.05) is 31.1 Å². The lowest BCUT2D eigenvalue weighted by atomic mass is 9.99. The van der Waals surface area contributed by atoms with Gasteiger partial charge in [-0.05, 0) is 48.9 Å². The third-order valence-corrected chi connectivity index (χ3v) is 5.30. The summed E-state index contributed by atoms with van der Waals surface area (Å²) < 4.78 is 13.2. The first-order valence-electron chi connectivity index (χ1n) is 9.12. The Hall–Kier alpha value is -2.44. The first-order chi connectivity index (χ1) is 13.3. The fraction of sp³-hybridized carbons (Fsp3) is 0.333. The molecule has 1 unspecified atom stereocenters. The number of hydrogen-bond donors (Lipinski definition) is 1. The number of benzene rings is 2. The SMILES string of the molecule is Cc1ccc(Cl)cc1N1CCN(C(CC(=O)O)C(=O)c2ccc(F)cc2)CC1. The maximum atomic E-state index is 13.2. The second kappa shape index (κ2) is 8.71. The molecule has 1 aliphatic heterocycles. The van der Waals surface area contributed by atoms with Crippen molar-refractivity contribution in [2.45, 2.75) is 19.4 Å². The van der Waals surface area contributed by atoms with Gasteiger partial charge in [0.25, 0.3) is 0 Å². The van der Waals surface area contributed by atoms with Gasteiger partial charge >= 0.3 is 5.97 Å². The number of carboxylic acid groups (broad SMARTS) is 1. The van der Waals surface area contributed by atoms with E-state index in [1.54, 1.807) is 0 Å². The lowest BCUT2D eigenvalue weighted by Gasteiger charge is -2.39. The number of carbonyl (C=O) groups is 2. The molecule has 1 heterocycles. The Balaban J connectivity index is 1.74. The number of aryl methyl sites for hydroxylation is 1. The van der Waals surface area contributed by atoms with Crippen molar-refractivity contribution >= 4 is 29.0 Å². The van der Waals surface area contributed by atoms with E-state index in [9.17, 15) is 19.1 Å². The highest BCUT2D eigenvalue weighted by atomic mass is 35.5. The van der Waals surface area contributed by atoms with E-state index in [1.807, 2.05) is 30.0 Å². The number of anilines is 1. The normalized spacial score (nSPS) is 16.0. The number of Topliss-reactive ketones (excluding diaryl/α,β-unsaturated/α-hetero) is 1. The van der Waals surface area contributed by atoms with Gasteiger partial charge in [0.15, 0.2) is 5.78 Å². The molecular weight excluding hydrogens is 383 g/mol. The van der Waals surface area contributed by atoms with Gasteiger partial charge in [0.2, 0.25) is 0 Å². The third kappa shape index (κ3) is 4.69. The molecule has 0 aromatic heterocycles. The number of carbonyl (C=O) groups excluding carboxylic acids is 1. The van der Waals surface area contributed by atoms with E-state index < -0.39 is 17.8 Å². The Labute approximate surface area is 168 Å². The lowest BCUT2D eigenvalue weighted by Crippen LogP contribution is -2.53. The highest BCUT2D eigenvalue weighted by molar-refractivity contribution is 6.30. The van der Waals surface area contributed by atoms with E-state index in [0.717, 1.165) is 11.3 Å². The predicted octanol–water partition coefficient (Wildman–Crippen LogP) is 3.64. The molecular formula is C21H22ClFN2O3. The van der Waals surface area contributed by atoms with Gasteiger partial charge in [-0.1, -0.05) is 17.7 Å². The van der Waals surface area contributed by atoms with E-state index in [4.69, 9.17) is 11.6 Å². The van der Waals surface area contributed by atoms with Crippen molar-refractivity contribution in [3.05, 3.63) is 64.4 Å². The van der Waals surface area contributed by atoms with Crippen LogP contribution >= 0.6 is 11.6 Å². The van der Waals surface area contributed by atoms with Crippen LogP contribution in [0.2, 0.25) is 5.02 Å². The summed E-state index contributed by atoms with van der Waals surface area (Å²) in [5.41, 5.74) is 2.48. The molecule has 2 aromatic carbocycles. The van der Waals surface area contributed by atoms with Crippen LogP contribution in [0, 0.1) is 12.7 Å². The average molecular weight is 405 g/mol. The first kappa shape index (κ1) is 20.3. The fourth-order valence-electron chi connectivity index (χ4n) is 3.56. The number of halogens is 2. The minimum absolute atomic E-state index is 0.285. The molecule has 0 saturated carbocycles. The molecule has 0 bridgehead atoms. The minimum atomic E-state index is -1.03. The third-order valence-electron chi connectivity index (χ3n) is 5.07. The fourth-order valence-corrected chi connectivity index (χ4v) is 3.72. The number of ketones is 1. The summed E-state index contributed by atoms with van der Waals surface area (Å²) in [5.74, 6) is -1.76. The molecule has 1 fully saturated rings. The minimum Gasteiger partial charge on any atom is -0.481 e. The van der Waals surface area contributed by atoms with Crippen LogP contribution in [0.1, 0.15) is 22.3 Å². The zero-order chi connectivity index (χ0) is 20.3. The molecule has 0 radical (unpaired) electrons. The van der Waals surface area contributed by atoms with E-state index in [1.165, 1.54) is 24.3 Å². The molecule has 148 valence electrons. The van der Waals surface area contributed by atoms with E-state index in [2.05, 4.69) is 4.90 Å². The standard InChI is InChI=1S/C21H22ClFN2O3/c1-14-2-5-16(22)12-18(14)24-8-10-25(11-9-24)19(13-20(26)27)21(28)15-3-6-17(23)7-4-15/h2-7,12,19H,8-11,13H2,1H3,(H,26,27). The Kier molecular flexibility index (Phi) is 6.31. The zero-order valence-electron chi connectivity index (χ0n) is 15.6. The quantitative estimate of drug-likeness (QED) is 0.745. The lowest BCUT2D eigenvalue weighted by molar-refractivity contribution is -0.138. The molecule has 1 saturated heterocycles. The van der Waals surface area contributed by atoms with Crippen molar-refractivity contribution in [2.24, 2.45) is 0 Å².